The Morgan fingerprint density at radius 3 is 2.46 bits per heavy atom. The third kappa shape index (κ3) is 4.16. The molecular weight excluding hydrogens is 352 g/mol. The highest BCUT2D eigenvalue weighted by Gasteiger charge is 2.25. The zero-order valence-corrected chi connectivity index (χ0v) is 15.8. The molecule has 1 aromatic carbocycles. The van der Waals surface area contributed by atoms with Crippen LogP contribution in [-0.2, 0) is 4.79 Å². The van der Waals surface area contributed by atoms with Gasteiger partial charge in [0.05, 0.1) is 12.0 Å². The standard InChI is InChI=1S/C19H22N2O4S/c1-14-5-6-15(16(12-14)24-2)25-13-18(22)20-7-9-21(10-8-20)19(23)17-4-3-11-26-17/h3-6,11-12H,7-10,13H2,1-2H3. The van der Waals surface area contributed by atoms with Crippen LogP contribution < -0.4 is 9.47 Å². The molecule has 7 heteroatoms. The van der Waals surface area contributed by atoms with Crippen molar-refractivity contribution in [2.24, 2.45) is 0 Å². The third-order valence-electron chi connectivity index (χ3n) is 4.32. The molecule has 138 valence electrons. The Bertz CT molecular complexity index is 768. The van der Waals surface area contributed by atoms with E-state index in [-0.39, 0.29) is 18.4 Å². The summed E-state index contributed by atoms with van der Waals surface area (Å²) in [4.78, 5) is 29.0. The summed E-state index contributed by atoms with van der Waals surface area (Å²) in [7, 11) is 1.58. The zero-order valence-electron chi connectivity index (χ0n) is 14.9. The SMILES string of the molecule is COc1cc(C)ccc1OCC(=O)N1CCN(C(=O)c2cccs2)CC1. The van der Waals surface area contributed by atoms with Crippen molar-refractivity contribution >= 4 is 23.2 Å². The Kier molecular flexibility index (Phi) is 5.78. The number of methoxy groups -OCH3 is 1. The lowest BCUT2D eigenvalue weighted by atomic mass is 10.2. The molecule has 6 nitrogen and oxygen atoms in total. The van der Waals surface area contributed by atoms with Crippen LogP contribution in [0.5, 0.6) is 11.5 Å². The molecule has 0 spiro atoms. The number of nitrogens with zero attached hydrogens (tertiary/aromatic N) is 2. The molecule has 1 aliphatic rings. The van der Waals surface area contributed by atoms with Gasteiger partial charge >= 0.3 is 0 Å². The van der Waals surface area contributed by atoms with Gasteiger partial charge < -0.3 is 19.3 Å². The molecule has 0 bridgehead atoms. The van der Waals surface area contributed by atoms with Crippen LogP contribution >= 0.6 is 11.3 Å². The molecule has 1 aliphatic heterocycles. The highest BCUT2D eigenvalue weighted by molar-refractivity contribution is 7.12. The summed E-state index contributed by atoms with van der Waals surface area (Å²) in [5, 5.41) is 1.89. The maximum Gasteiger partial charge on any atom is 0.264 e. The number of hydrogen-bond acceptors (Lipinski definition) is 5. The average Bonchev–Trinajstić information content (AvgIpc) is 3.21. The second kappa shape index (κ2) is 8.23. The van der Waals surface area contributed by atoms with Crippen LogP contribution in [0.3, 0.4) is 0 Å². The number of rotatable bonds is 5. The first-order chi connectivity index (χ1) is 12.6. The van der Waals surface area contributed by atoms with E-state index in [2.05, 4.69) is 0 Å². The fourth-order valence-corrected chi connectivity index (χ4v) is 3.53. The molecule has 26 heavy (non-hydrogen) atoms. The van der Waals surface area contributed by atoms with Gasteiger partial charge in [-0.25, -0.2) is 0 Å². The number of amides is 2. The lowest BCUT2D eigenvalue weighted by Crippen LogP contribution is -2.51. The molecule has 0 radical (unpaired) electrons. The summed E-state index contributed by atoms with van der Waals surface area (Å²) in [6.07, 6.45) is 0. The molecule has 3 rings (SSSR count). The maximum atomic E-state index is 12.4. The number of piperazine rings is 1. The molecule has 2 heterocycles. The van der Waals surface area contributed by atoms with Crippen molar-refractivity contribution in [1.82, 2.24) is 9.80 Å². The monoisotopic (exact) mass is 374 g/mol. The molecule has 1 saturated heterocycles. The van der Waals surface area contributed by atoms with Crippen LogP contribution in [0, 0.1) is 6.92 Å². The van der Waals surface area contributed by atoms with E-state index in [1.807, 2.05) is 36.6 Å². The highest BCUT2D eigenvalue weighted by Crippen LogP contribution is 2.27. The predicted molar refractivity (Wildman–Crippen MR) is 100 cm³/mol. The van der Waals surface area contributed by atoms with Crippen molar-refractivity contribution in [3.05, 3.63) is 46.2 Å². The first-order valence-electron chi connectivity index (χ1n) is 8.46. The van der Waals surface area contributed by atoms with Crippen LogP contribution in [0.1, 0.15) is 15.2 Å². The maximum absolute atomic E-state index is 12.4. The highest BCUT2D eigenvalue weighted by atomic mass is 32.1. The van der Waals surface area contributed by atoms with E-state index in [0.717, 1.165) is 10.4 Å². The van der Waals surface area contributed by atoms with Gasteiger partial charge in [-0.05, 0) is 36.1 Å². The van der Waals surface area contributed by atoms with Gasteiger partial charge in [0.1, 0.15) is 0 Å². The van der Waals surface area contributed by atoms with Crippen molar-refractivity contribution in [2.45, 2.75) is 6.92 Å². The van der Waals surface area contributed by atoms with E-state index in [4.69, 9.17) is 9.47 Å². The average molecular weight is 374 g/mol. The van der Waals surface area contributed by atoms with E-state index in [9.17, 15) is 9.59 Å². The van der Waals surface area contributed by atoms with E-state index in [0.29, 0.717) is 37.7 Å². The summed E-state index contributed by atoms with van der Waals surface area (Å²) in [5.74, 6) is 1.12. The summed E-state index contributed by atoms with van der Waals surface area (Å²) in [5.41, 5.74) is 1.06. The molecule has 1 fully saturated rings. The van der Waals surface area contributed by atoms with Gasteiger partial charge in [-0.1, -0.05) is 12.1 Å². The fourth-order valence-electron chi connectivity index (χ4n) is 2.84. The van der Waals surface area contributed by atoms with Gasteiger partial charge in [0, 0.05) is 26.2 Å². The van der Waals surface area contributed by atoms with Crippen molar-refractivity contribution < 1.29 is 19.1 Å². The number of carbonyl (C=O) groups excluding carboxylic acids is 2. The number of benzene rings is 1. The number of ether oxygens (including phenoxy) is 2. The Labute approximate surface area is 156 Å². The molecule has 2 amide bonds. The second-order valence-electron chi connectivity index (χ2n) is 6.09. The second-order valence-corrected chi connectivity index (χ2v) is 7.04. The minimum atomic E-state index is -0.0872. The van der Waals surface area contributed by atoms with Gasteiger partial charge in [-0.3, -0.25) is 9.59 Å². The van der Waals surface area contributed by atoms with Crippen LogP contribution in [0.25, 0.3) is 0 Å². The fraction of sp³-hybridized carbons (Fsp3) is 0.368. The van der Waals surface area contributed by atoms with Crippen molar-refractivity contribution in [1.29, 1.82) is 0 Å². The number of aryl methyl sites for hydroxylation is 1. The van der Waals surface area contributed by atoms with Crippen LogP contribution in [0.15, 0.2) is 35.7 Å². The first-order valence-corrected chi connectivity index (χ1v) is 9.34. The summed E-state index contributed by atoms with van der Waals surface area (Å²) < 4.78 is 10.9. The number of hydrogen-bond donors (Lipinski definition) is 0. The Morgan fingerprint density at radius 2 is 1.81 bits per heavy atom. The minimum absolute atomic E-state index is 0.0349. The van der Waals surface area contributed by atoms with Gasteiger partial charge in [0.25, 0.3) is 11.8 Å². The van der Waals surface area contributed by atoms with E-state index < -0.39 is 0 Å². The van der Waals surface area contributed by atoms with Gasteiger partial charge in [-0.15, -0.1) is 11.3 Å². The van der Waals surface area contributed by atoms with Crippen molar-refractivity contribution in [3.8, 4) is 11.5 Å². The number of thiophene rings is 1. The topological polar surface area (TPSA) is 59.1 Å². The Morgan fingerprint density at radius 1 is 1.08 bits per heavy atom. The molecule has 0 aliphatic carbocycles. The van der Waals surface area contributed by atoms with E-state index in [1.54, 1.807) is 23.0 Å². The molecular formula is C19H22N2O4S. The number of carbonyl (C=O) groups is 2. The van der Waals surface area contributed by atoms with Crippen molar-refractivity contribution in [2.75, 3.05) is 39.9 Å². The molecule has 0 saturated carbocycles. The van der Waals surface area contributed by atoms with Gasteiger partial charge in [-0.2, -0.15) is 0 Å². The largest absolute Gasteiger partial charge is 0.493 e. The zero-order chi connectivity index (χ0) is 18.5. The van der Waals surface area contributed by atoms with Crippen LogP contribution in [0.2, 0.25) is 0 Å². The molecule has 0 atom stereocenters. The van der Waals surface area contributed by atoms with Crippen LogP contribution in [0.4, 0.5) is 0 Å². The lowest BCUT2D eigenvalue weighted by Gasteiger charge is -2.34. The van der Waals surface area contributed by atoms with Crippen molar-refractivity contribution in [3.63, 3.8) is 0 Å². The summed E-state index contributed by atoms with van der Waals surface area (Å²) in [6.45, 7) is 4.04. The Hall–Kier alpha value is -2.54. The Balaban J connectivity index is 1.50. The lowest BCUT2D eigenvalue weighted by molar-refractivity contribution is -0.134. The summed E-state index contributed by atoms with van der Waals surface area (Å²) in [6, 6.07) is 9.28. The molecule has 1 aromatic heterocycles. The molecule has 2 aromatic rings. The van der Waals surface area contributed by atoms with E-state index >= 15 is 0 Å². The third-order valence-corrected chi connectivity index (χ3v) is 5.18. The van der Waals surface area contributed by atoms with E-state index in [1.165, 1.54) is 11.3 Å². The van der Waals surface area contributed by atoms with Crippen LogP contribution in [-0.4, -0.2) is 61.5 Å². The van der Waals surface area contributed by atoms with Gasteiger partial charge in [0.2, 0.25) is 0 Å². The molecule has 0 N–H and O–H groups in total. The predicted octanol–water partition coefficient (Wildman–Crippen LogP) is 2.43. The normalized spacial score (nSPS) is 14.2. The minimum Gasteiger partial charge on any atom is -0.493 e. The quantitative estimate of drug-likeness (QED) is 0.807. The first kappa shape index (κ1) is 18.3. The van der Waals surface area contributed by atoms with Gasteiger partial charge in [0.15, 0.2) is 18.1 Å². The molecule has 0 unspecified atom stereocenters. The smallest absolute Gasteiger partial charge is 0.264 e. The summed E-state index contributed by atoms with van der Waals surface area (Å²) >= 11 is 1.44.